The van der Waals surface area contributed by atoms with Gasteiger partial charge in [-0.25, -0.2) is 0 Å². The molecule has 0 aliphatic carbocycles. The molecule has 0 saturated carbocycles. The van der Waals surface area contributed by atoms with Crippen LogP contribution in [0.3, 0.4) is 0 Å². The topological polar surface area (TPSA) is 66.4 Å². The van der Waals surface area contributed by atoms with Gasteiger partial charge in [-0.3, -0.25) is 9.59 Å². The number of amides is 1. The highest BCUT2D eigenvalue weighted by Gasteiger charge is 2.20. The summed E-state index contributed by atoms with van der Waals surface area (Å²) in [6.07, 6.45) is 2.48. The lowest BCUT2D eigenvalue weighted by molar-refractivity contribution is -0.144. The van der Waals surface area contributed by atoms with Crippen molar-refractivity contribution in [3.63, 3.8) is 0 Å². The van der Waals surface area contributed by atoms with Crippen molar-refractivity contribution in [2.45, 2.75) is 52.5 Å². The van der Waals surface area contributed by atoms with Crippen LogP contribution in [-0.2, 0) is 9.59 Å². The Hall–Kier alpha value is -1.06. The van der Waals surface area contributed by atoms with Gasteiger partial charge < -0.3 is 10.4 Å². The van der Waals surface area contributed by atoms with Gasteiger partial charge in [0.1, 0.15) is 0 Å². The Balaban J connectivity index is 4.04. The van der Waals surface area contributed by atoms with Crippen LogP contribution in [0.25, 0.3) is 0 Å². The molecule has 0 radical (unpaired) electrons. The zero-order chi connectivity index (χ0) is 11.8. The second-order valence-electron chi connectivity index (χ2n) is 4.10. The van der Waals surface area contributed by atoms with Crippen LogP contribution in [0.4, 0.5) is 0 Å². The summed E-state index contributed by atoms with van der Waals surface area (Å²) in [5, 5.41) is 11.6. The minimum atomic E-state index is -0.873. The zero-order valence-corrected chi connectivity index (χ0v) is 9.75. The lowest BCUT2D eigenvalue weighted by Gasteiger charge is -2.13. The molecule has 0 heterocycles. The second-order valence-corrected chi connectivity index (χ2v) is 4.10. The summed E-state index contributed by atoms with van der Waals surface area (Å²) in [6.45, 7) is 5.73. The predicted molar refractivity (Wildman–Crippen MR) is 58.5 cm³/mol. The highest BCUT2D eigenvalue weighted by molar-refractivity contribution is 5.82. The maximum absolute atomic E-state index is 11.4. The second kappa shape index (κ2) is 7.26. The number of carbonyl (C=O) groups is 2. The molecule has 4 nitrogen and oxygen atoms in total. The average molecular weight is 215 g/mol. The van der Waals surface area contributed by atoms with Crippen molar-refractivity contribution in [3.8, 4) is 0 Å². The van der Waals surface area contributed by atoms with E-state index in [-0.39, 0.29) is 18.4 Å². The van der Waals surface area contributed by atoms with E-state index in [1.165, 1.54) is 0 Å². The number of carboxylic acid groups (broad SMARTS) is 1. The molecule has 1 amide bonds. The molecular formula is C11H21NO3. The molecule has 4 heteroatoms. The van der Waals surface area contributed by atoms with E-state index >= 15 is 0 Å². The van der Waals surface area contributed by atoms with Crippen molar-refractivity contribution in [1.29, 1.82) is 0 Å². The molecule has 0 aromatic heterocycles. The maximum atomic E-state index is 11.4. The standard InChI is InChI=1S/C11H21NO3/c1-4-5-6-9(11(14)15)7-10(13)12-8(2)3/h8-9H,4-7H2,1-3H3,(H,12,13)(H,14,15). The molecule has 0 aliphatic heterocycles. The molecule has 0 spiro atoms. The van der Waals surface area contributed by atoms with Crippen molar-refractivity contribution in [3.05, 3.63) is 0 Å². The van der Waals surface area contributed by atoms with Crippen molar-refractivity contribution in [2.75, 3.05) is 0 Å². The van der Waals surface area contributed by atoms with Gasteiger partial charge in [0.05, 0.1) is 5.92 Å². The first kappa shape index (κ1) is 13.9. The van der Waals surface area contributed by atoms with Crippen LogP contribution in [0.1, 0.15) is 46.5 Å². The van der Waals surface area contributed by atoms with E-state index in [1.54, 1.807) is 0 Å². The molecule has 0 aromatic rings. The number of unbranched alkanes of at least 4 members (excludes halogenated alkanes) is 1. The number of hydrogen-bond acceptors (Lipinski definition) is 2. The van der Waals surface area contributed by atoms with Crippen molar-refractivity contribution >= 4 is 11.9 Å². The molecule has 2 N–H and O–H groups in total. The quantitative estimate of drug-likeness (QED) is 0.680. The zero-order valence-electron chi connectivity index (χ0n) is 9.75. The Morgan fingerprint density at radius 2 is 1.93 bits per heavy atom. The third kappa shape index (κ3) is 6.94. The molecule has 0 fully saturated rings. The summed E-state index contributed by atoms with van der Waals surface area (Å²) in [5.41, 5.74) is 0. The summed E-state index contributed by atoms with van der Waals surface area (Å²) in [7, 11) is 0. The number of carboxylic acids is 1. The van der Waals surface area contributed by atoms with Crippen LogP contribution in [0.15, 0.2) is 0 Å². The molecule has 0 saturated heterocycles. The van der Waals surface area contributed by atoms with Crippen molar-refractivity contribution < 1.29 is 14.7 Å². The molecule has 0 aliphatic rings. The van der Waals surface area contributed by atoms with Crippen LogP contribution in [0, 0.1) is 5.92 Å². The SMILES string of the molecule is CCCCC(CC(=O)NC(C)C)C(=O)O. The first-order chi connectivity index (χ1) is 6.97. The largest absolute Gasteiger partial charge is 0.481 e. The fraction of sp³-hybridized carbons (Fsp3) is 0.818. The van der Waals surface area contributed by atoms with E-state index in [9.17, 15) is 9.59 Å². The highest BCUT2D eigenvalue weighted by atomic mass is 16.4. The lowest BCUT2D eigenvalue weighted by Crippen LogP contribution is -2.33. The summed E-state index contributed by atoms with van der Waals surface area (Å²) in [4.78, 5) is 22.2. The monoisotopic (exact) mass is 215 g/mol. The van der Waals surface area contributed by atoms with Crippen LogP contribution in [-0.4, -0.2) is 23.0 Å². The van der Waals surface area contributed by atoms with E-state index < -0.39 is 11.9 Å². The minimum absolute atomic E-state index is 0.0677. The molecule has 0 aromatic carbocycles. The van der Waals surface area contributed by atoms with Crippen LogP contribution in [0.2, 0.25) is 0 Å². The van der Waals surface area contributed by atoms with Crippen molar-refractivity contribution in [2.24, 2.45) is 5.92 Å². The Bertz CT molecular complexity index is 214. The van der Waals surface area contributed by atoms with Gasteiger partial charge in [-0.1, -0.05) is 19.8 Å². The smallest absolute Gasteiger partial charge is 0.307 e. The van der Waals surface area contributed by atoms with E-state index in [0.717, 1.165) is 12.8 Å². The Labute approximate surface area is 91.1 Å². The summed E-state index contributed by atoms with van der Waals surface area (Å²) < 4.78 is 0. The fourth-order valence-electron chi connectivity index (χ4n) is 1.37. The van der Waals surface area contributed by atoms with E-state index in [4.69, 9.17) is 5.11 Å². The van der Waals surface area contributed by atoms with Gasteiger partial charge in [-0.05, 0) is 20.3 Å². The fourth-order valence-corrected chi connectivity index (χ4v) is 1.37. The van der Waals surface area contributed by atoms with Crippen LogP contribution >= 0.6 is 0 Å². The van der Waals surface area contributed by atoms with Gasteiger partial charge >= 0.3 is 5.97 Å². The van der Waals surface area contributed by atoms with Crippen molar-refractivity contribution in [1.82, 2.24) is 5.32 Å². The normalized spacial score (nSPS) is 12.5. The van der Waals surface area contributed by atoms with Gasteiger partial charge in [-0.2, -0.15) is 0 Å². The van der Waals surface area contributed by atoms with Crippen LogP contribution < -0.4 is 5.32 Å². The van der Waals surface area contributed by atoms with E-state index in [2.05, 4.69) is 5.32 Å². The number of carbonyl (C=O) groups excluding carboxylic acids is 1. The number of aliphatic carboxylic acids is 1. The molecule has 0 bridgehead atoms. The molecule has 1 unspecified atom stereocenters. The third-order valence-corrected chi connectivity index (χ3v) is 2.14. The van der Waals surface area contributed by atoms with E-state index in [1.807, 2.05) is 20.8 Å². The van der Waals surface area contributed by atoms with Gasteiger partial charge in [0.25, 0.3) is 0 Å². The highest BCUT2D eigenvalue weighted by Crippen LogP contribution is 2.13. The lowest BCUT2D eigenvalue weighted by atomic mass is 9.98. The molecule has 0 rings (SSSR count). The maximum Gasteiger partial charge on any atom is 0.307 e. The average Bonchev–Trinajstić information content (AvgIpc) is 2.10. The molecule has 15 heavy (non-hydrogen) atoms. The molecular weight excluding hydrogens is 194 g/mol. The van der Waals surface area contributed by atoms with Gasteiger partial charge in [0, 0.05) is 12.5 Å². The third-order valence-electron chi connectivity index (χ3n) is 2.14. The van der Waals surface area contributed by atoms with Crippen LogP contribution in [0.5, 0.6) is 0 Å². The minimum Gasteiger partial charge on any atom is -0.481 e. The number of hydrogen-bond donors (Lipinski definition) is 2. The number of nitrogens with one attached hydrogen (secondary N) is 1. The summed E-state index contributed by atoms with van der Waals surface area (Å²) in [5.74, 6) is -1.58. The Morgan fingerprint density at radius 3 is 2.33 bits per heavy atom. The summed E-state index contributed by atoms with van der Waals surface area (Å²) in [6, 6.07) is 0.0677. The number of rotatable bonds is 7. The first-order valence-electron chi connectivity index (χ1n) is 5.49. The Kier molecular flexibility index (Phi) is 6.75. The molecule has 88 valence electrons. The van der Waals surface area contributed by atoms with Gasteiger partial charge in [0.2, 0.25) is 5.91 Å². The first-order valence-corrected chi connectivity index (χ1v) is 5.49. The predicted octanol–water partition coefficient (Wildman–Crippen LogP) is 1.79. The van der Waals surface area contributed by atoms with E-state index in [0.29, 0.717) is 6.42 Å². The molecule has 1 atom stereocenters. The van der Waals surface area contributed by atoms with Gasteiger partial charge in [0.15, 0.2) is 0 Å². The Morgan fingerprint density at radius 1 is 1.33 bits per heavy atom. The van der Waals surface area contributed by atoms with Gasteiger partial charge in [-0.15, -0.1) is 0 Å². The summed E-state index contributed by atoms with van der Waals surface area (Å²) >= 11 is 0.